The molecule has 1 heterocycles. The van der Waals surface area contributed by atoms with E-state index in [0.29, 0.717) is 0 Å². The van der Waals surface area contributed by atoms with Gasteiger partial charge >= 0.3 is 0 Å². The Morgan fingerprint density at radius 2 is 2.06 bits per heavy atom. The van der Waals surface area contributed by atoms with Crippen LogP contribution >= 0.6 is 0 Å². The Morgan fingerprint density at radius 3 is 2.76 bits per heavy atom. The van der Waals surface area contributed by atoms with Crippen LogP contribution < -0.4 is 4.74 Å². The Kier molecular flexibility index (Phi) is 3.45. The number of ether oxygens (including phenoxy) is 1. The van der Waals surface area contributed by atoms with Crippen molar-refractivity contribution in [1.29, 1.82) is 0 Å². The molecule has 4 nitrogen and oxygen atoms in total. The molecule has 0 saturated heterocycles. The van der Waals surface area contributed by atoms with Gasteiger partial charge in [0.25, 0.3) is 0 Å². The van der Waals surface area contributed by atoms with Gasteiger partial charge in [0.15, 0.2) is 0 Å². The fraction of sp³-hybridized carbons (Fsp3) is 0.154. The van der Waals surface area contributed by atoms with Crippen molar-refractivity contribution in [3.63, 3.8) is 0 Å². The van der Waals surface area contributed by atoms with Crippen molar-refractivity contribution in [1.82, 2.24) is 9.97 Å². The molecule has 0 saturated carbocycles. The lowest BCUT2D eigenvalue weighted by molar-refractivity contribution is 0.416. The summed E-state index contributed by atoms with van der Waals surface area (Å²) in [6.07, 6.45) is 4.98. The van der Waals surface area contributed by atoms with Crippen LogP contribution in [0.2, 0.25) is 0 Å². The summed E-state index contributed by atoms with van der Waals surface area (Å²) in [5, 5.41) is 0. The van der Waals surface area contributed by atoms with Gasteiger partial charge in [-0.05, 0) is 19.1 Å². The molecule has 0 aliphatic rings. The SMILES string of the molecule is COc1ccccc1N=C(C)c1cnccn1. The fourth-order valence-electron chi connectivity index (χ4n) is 1.45. The zero-order valence-electron chi connectivity index (χ0n) is 9.79. The molecule has 0 bridgehead atoms. The minimum Gasteiger partial charge on any atom is -0.494 e. The van der Waals surface area contributed by atoms with Gasteiger partial charge in [0.2, 0.25) is 0 Å². The molecule has 0 radical (unpaired) electrons. The molecule has 0 aliphatic carbocycles. The van der Waals surface area contributed by atoms with Gasteiger partial charge in [0.05, 0.1) is 19.0 Å². The molecule has 0 aliphatic heterocycles. The van der Waals surface area contributed by atoms with Crippen molar-refractivity contribution in [2.45, 2.75) is 6.92 Å². The topological polar surface area (TPSA) is 47.4 Å². The molecule has 4 heteroatoms. The number of aromatic nitrogens is 2. The Balaban J connectivity index is 2.36. The second-order valence-corrected chi connectivity index (χ2v) is 3.46. The number of hydrogen-bond acceptors (Lipinski definition) is 4. The molecule has 2 rings (SSSR count). The minimum absolute atomic E-state index is 0.746. The molecule has 1 aromatic carbocycles. The first-order valence-corrected chi connectivity index (χ1v) is 5.26. The van der Waals surface area contributed by atoms with Gasteiger partial charge in [0.1, 0.15) is 17.1 Å². The standard InChI is InChI=1S/C13H13N3O/c1-10(12-9-14-7-8-15-12)16-11-5-3-4-6-13(11)17-2/h3-9H,1-2H3. The van der Waals surface area contributed by atoms with E-state index in [1.165, 1.54) is 0 Å². The normalized spacial score (nSPS) is 11.3. The third-order valence-corrected chi connectivity index (χ3v) is 2.31. The van der Waals surface area contributed by atoms with Crippen molar-refractivity contribution >= 4 is 11.4 Å². The van der Waals surface area contributed by atoms with Gasteiger partial charge in [-0.3, -0.25) is 9.97 Å². The summed E-state index contributed by atoms with van der Waals surface area (Å²) in [5.74, 6) is 0.746. The van der Waals surface area contributed by atoms with Crippen LogP contribution in [0.25, 0.3) is 0 Å². The Labute approximate surface area is 100 Å². The lowest BCUT2D eigenvalue weighted by Gasteiger charge is -2.04. The number of nitrogens with zero attached hydrogens (tertiary/aromatic N) is 3. The van der Waals surface area contributed by atoms with E-state index >= 15 is 0 Å². The summed E-state index contributed by atoms with van der Waals surface area (Å²) in [6.45, 7) is 1.90. The van der Waals surface area contributed by atoms with E-state index in [9.17, 15) is 0 Å². The monoisotopic (exact) mass is 227 g/mol. The third kappa shape index (κ3) is 2.66. The van der Waals surface area contributed by atoms with E-state index in [1.54, 1.807) is 25.7 Å². The molecule has 0 fully saturated rings. The Hall–Kier alpha value is -2.23. The molecule has 0 atom stereocenters. The predicted molar refractivity (Wildman–Crippen MR) is 66.9 cm³/mol. The van der Waals surface area contributed by atoms with Crippen LogP contribution in [0.5, 0.6) is 5.75 Å². The summed E-state index contributed by atoms with van der Waals surface area (Å²) in [6, 6.07) is 7.61. The third-order valence-electron chi connectivity index (χ3n) is 2.31. The first-order valence-electron chi connectivity index (χ1n) is 5.26. The predicted octanol–water partition coefficient (Wildman–Crippen LogP) is 2.63. The Bertz CT molecular complexity index is 523. The molecule has 0 amide bonds. The van der Waals surface area contributed by atoms with Crippen molar-refractivity contribution in [3.8, 4) is 5.75 Å². The molecular weight excluding hydrogens is 214 g/mol. The second kappa shape index (κ2) is 5.21. The van der Waals surface area contributed by atoms with E-state index in [2.05, 4.69) is 15.0 Å². The molecule has 0 unspecified atom stereocenters. The van der Waals surface area contributed by atoms with Gasteiger partial charge in [-0.2, -0.15) is 0 Å². The van der Waals surface area contributed by atoms with Crippen molar-refractivity contribution < 1.29 is 4.74 Å². The van der Waals surface area contributed by atoms with Crippen molar-refractivity contribution in [2.24, 2.45) is 4.99 Å². The number of rotatable bonds is 3. The average Bonchev–Trinajstić information content (AvgIpc) is 2.40. The molecule has 0 spiro atoms. The lowest BCUT2D eigenvalue weighted by atomic mass is 10.2. The maximum absolute atomic E-state index is 5.24. The fourth-order valence-corrected chi connectivity index (χ4v) is 1.45. The summed E-state index contributed by atoms with van der Waals surface area (Å²) in [5.41, 5.74) is 2.36. The van der Waals surface area contributed by atoms with Gasteiger partial charge in [-0.1, -0.05) is 12.1 Å². The first-order chi connectivity index (χ1) is 8.31. The zero-order valence-corrected chi connectivity index (χ0v) is 9.79. The molecule has 17 heavy (non-hydrogen) atoms. The van der Waals surface area contributed by atoms with Crippen LogP contribution in [0.4, 0.5) is 5.69 Å². The van der Waals surface area contributed by atoms with Gasteiger partial charge in [0, 0.05) is 12.4 Å². The summed E-state index contributed by atoms with van der Waals surface area (Å²) in [7, 11) is 1.63. The van der Waals surface area contributed by atoms with E-state index in [-0.39, 0.29) is 0 Å². The zero-order chi connectivity index (χ0) is 12.1. The summed E-state index contributed by atoms with van der Waals surface area (Å²) < 4.78 is 5.24. The number of benzene rings is 1. The van der Waals surface area contributed by atoms with Crippen LogP contribution in [-0.2, 0) is 0 Å². The molecule has 0 N–H and O–H groups in total. The number of hydrogen-bond donors (Lipinski definition) is 0. The molecular formula is C13H13N3O. The van der Waals surface area contributed by atoms with Crippen LogP contribution in [-0.4, -0.2) is 22.8 Å². The van der Waals surface area contributed by atoms with E-state index in [1.807, 2.05) is 31.2 Å². The average molecular weight is 227 g/mol. The summed E-state index contributed by atoms with van der Waals surface area (Å²) >= 11 is 0. The van der Waals surface area contributed by atoms with E-state index in [0.717, 1.165) is 22.8 Å². The van der Waals surface area contributed by atoms with Crippen molar-refractivity contribution in [2.75, 3.05) is 7.11 Å². The molecule has 1 aromatic heterocycles. The quantitative estimate of drug-likeness (QED) is 0.757. The maximum atomic E-state index is 5.24. The molecule has 86 valence electrons. The number of aliphatic imine (C=N–C) groups is 1. The largest absolute Gasteiger partial charge is 0.494 e. The van der Waals surface area contributed by atoms with Crippen molar-refractivity contribution in [3.05, 3.63) is 48.5 Å². The highest BCUT2D eigenvalue weighted by molar-refractivity contribution is 5.98. The van der Waals surface area contributed by atoms with Gasteiger partial charge in [-0.25, -0.2) is 4.99 Å². The van der Waals surface area contributed by atoms with Crippen LogP contribution in [0.3, 0.4) is 0 Å². The lowest BCUT2D eigenvalue weighted by Crippen LogP contribution is -1.98. The highest BCUT2D eigenvalue weighted by Gasteiger charge is 2.02. The smallest absolute Gasteiger partial charge is 0.144 e. The molecule has 2 aromatic rings. The second-order valence-electron chi connectivity index (χ2n) is 3.46. The van der Waals surface area contributed by atoms with Crippen LogP contribution in [0.15, 0.2) is 47.8 Å². The summed E-state index contributed by atoms with van der Waals surface area (Å²) in [4.78, 5) is 12.7. The van der Waals surface area contributed by atoms with Gasteiger partial charge in [-0.15, -0.1) is 0 Å². The van der Waals surface area contributed by atoms with Crippen LogP contribution in [0, 0.1) is 0 Å². The Morgan fingerprint density at radius 1 is 1.24 bits per heavy atom. The highest BCUT2D eigenvalue weighted by Crippen LogP contribution is 2.26. The highest BCUT2D eigenvalue weighted by atomic mass is 16.5. The van der Waals surface area contributed by atoms with Crippen LogP contribution in [0.1, 0.15) is 12.6 Å². The van der Waals surface area contributed by atoms with Gasteiger partial charge < -0.3 is 4.74 Å². The maximum Gasteiger partial charge on any atom is 0.144 e. The number of para-hydroxylation sites is 2. The minimum atomic E-state index is 0.746. The van der Waals surface area contributed by atoms with E-state index in [4.69, 9.17) is 4.74 Å². The number of methoxy groups -OCH3 is 1. The van der Waals surface area contributed by atoms with E-state index < -0.39 is 0 Å². The first kappa shape index (κ1) is 11.3.